The molecule has 2 atom stereocenters. The number of morpholine rings is 1. The van der Waals surface area contributed by atoms with Gasteiger partial charge in [-0.2, -0.15) is 17.0 Å². The van der Waals surface area contributed by atoms with Crippen molar-refractivity contribution in [3.8, 4) is 0 Å². The van der Waals surface area contributed by atoms with Gasteiger partial charge in [-0.25, -0.2) is 0 Å². The predicted octanol–water partition coefficient (Wildman–Crippen LogP) is 0.523. The van der Waals surface area contributed by atoms with Crippen LogP contribution in [0.1, 0.15) is 47.0 Å². The predicted molar refractivity (Wildman–Crippen MR) is 110 cm³/mol. The smallest absolute Gasteiger partial charge is 0.282 e. The lowest BCUT2D eigenvalue weighted by molar-refractivity contribution is -0.133. The summed E-state index contributed by atoms with van der Waals surface area (Å²) in [6.07, 6.45) is 0.954. The van der Waals surface area contributed by atoms with Crippen LogP contribution in [0.4, 0.5) is 0 Å². The monoisotopic (exact) mass is 432 g/mol. The Morgan fingerprint density at radius 3 is 2.00 bits per heavy atom. The summed E-state index contributed by atoms with van der Waals surface area (Å²) in [6, 6.07) is 0. The van der Waals surface area contributed by atoms with Gasteiger partial charge in [-0.15, -0.1) is 0 Å². The summed E-state index contributed by atoms with van der Waals surface area (Å²) in [5.41, 5.74) is 0. The van der Waals surface area contributed by atoms with Gasteiger partial charge in [0.1, 0.15) is 0 Å². The van der Waals surface area contributed by atoms with Gasteiger partial charge in [0, 0.05) is 65.2 Å². The van der Waals surface area contributed by atoms with Crippen LogP contribution in [0.25, 0.3) is 0 Å². The van der Waals surface area contributed by atoms with E-state index in [1.165, 1.54) is 8.61 Å². The Kier molecular flexibility index (Phi) is 8.87. The molecule has 2 unspecified atom stereocenters. The van der Waals surface area contributed by atoms with Crippen LogP contribution in [0.5, 0.6) is 0 Å². The average Bonchev–Trinajstić information content (AvgIpc) is 2.68. The zero-order chi connectivity index (χ0) is 21.6. The number of amides is 2. The van der Waals surface area contributed by atoms with Crippen LogP contribution < -0.4 is 0 Å². The van der Waals surface area contributed by atoms with Crippen molar-refractivity contribution in [3.63, 3.8) is 0 Å². The molecule has 0 bridgehead atoms. The number of hydrogen-bond acceptors (Lipinski definition) is 5. The van der Waals surface area contributed by atoms with Gasteiger partial charge in [0.2, 0.25) is 11.8 Å². The van der Waals surface area contributed by atoms with E-state index < -0.39 is 10.2 Å². The molecule has 2 saturated heterocycles. The summed E-state index contributed by atoms with van der Waals surface area (Å²) in [5, 5.41) is 0. The number of carbonyl (C=O) groups excluding carboxylic acids is 2. The highest BCUT2D eigenvalue weighted by atomic mass is 32.2. The fraction of sp³-hybridized carbons (Fsp3) is 0.895. The molecule has 2 aliphatic heterocycles. The van der Waals surface area contributed by atoms with E-state index in [9.17, 15) is 18.0 Å². The lowest BCUT2D eigenvalue weighted by atomic mass is 10.2. The molecule has 0 aliphatic carbocycles. The highest BCUT2D eigenvalue weighted by Crippen LogP contribution is 2.19. The Morgan fingerprint density at radius 1 is 0.931 bits per heavy atom. The van der Waals surface area contributed by atoms with E-state index in [4.69, 9.17) is 4.74 Å². The quantitative estimate of drug-likeness (QED) is 0.558. The van der Waals surface area contributed by atoms with E-state index in [0.29, 0.717) is 71.6 Å². The number of ether oxygens (including phenoxy) is 1. The van der Waals surface area contributed by atoms with Crippen LogP contribution in [0, 0.1) is 0 Å². The molecule has 2 heterocycles. The van der Waals surface area contributed by atoms with Gasteiger partial charge < -0.3 is 14.5 Å². The number of hydrogen-bond donors (Lipinski definition) is 0. The standard InChI is InChI=1S/C19H36N4O5S/c1-5-20(6-2)18(24)8-7-9-19(25)21-10-12-22(13-11-21)29(26,27)23-14-16(3)28-17(4)15-23/h16-17H,5-15H2,1-4H3. The largest absolute Gasteiger partial charge is 0.373 e. The van der Waals surface area contributed by atoms with Crippen LogP contribution in [-0.4, -0.2) is 103 Å². The highest BCUT2D eigenvalue weighted by molar-refractivity contribution is 7.86. The second-order valence-corrected chi connectivity index (χ2v) is 9.71. The first kappa shape index (κ1) is 24.0. The van der Waals surface area contributed by atoms with Crippen molar-refractivity contribution in [1.82, 2.24) is 18.4 Å². The fourth-order valence-corrected chi connectivity index (χ4v) is 5.68. The average molecular weight is 433 g/mol. The van der Waals surface area contributed by atoms with Gasteiger partial charge in [-0.1, -0.05) is 0 Å². The molecule has 2 aliphatic rings. The third kappa shape index (κ3) is 6.37. The molecule has 168 valence electrons. The molecule has 0 radical (unpaired) electrons. The van der Waals surface area contributed by atoms with Crippen LogP contribution in [0.3, 0.4) is 0 Å². The lowest BCUT2D eigenvalue weighted by Gasteiger charge is -2.40. The lowest BCUT2D eigenvalue weighted by Crippen LogP contribution is -2.57. The highest BCUT2D eigenvalue weighted by Gasteiger charge is 2.37. The Hall–Kier alpha value is -1.23. The number of nitrogens with zero attached hydrogens (tertiary/aromatic N) is 4. The molecule has 0 spiro atoms. The van der Waals surface area contributed by atoms with E-state index >= 15 is 0 Å². The Bertz CT molecular complexity index is 650. The van der Waals surface area contributed by atoms with E-state index in [2.05, 4.69) is 0 Å². The van der Waals surface area contributed by atoms with Crippen LogP contribution >= 0.6 is 0 Å². The van der Waals surface area contributed by atoms with Gasteiger partial charge in [0.25, 0.3) is 10.2 Å². The minimum absolute atomic E-state index is 0.0111. The molecule has 0 aromatic heterocycles. The van der Waals surface area contributed by atoms with Crippen molar-refractivity contribution in [2.45, 2.75) is 59.2 Å². The van der Waals surface area contributed by atoms with Gasteiger partial charge in [-0.3, -0.25) is 9.59 Å². The SMILES string of the molecule is CCN(CC)C(=O)CCCC(=O)N1CCN(S(=O)(=O)N2CC(C)OC(C)C2)CC1. The molecule has 9 nitrogen and oxygen atoms in total. The third-order valence-corrected chi connectivity index (χ3v) is 7.50. The molecule has 0 aromatic carbocycles. The van der Waals surface area contributed by atoms with Gasteiger partial charge in [0.15, 0.2) is 0 Å². The first-order valence-corrected chi connectivity index (χ1v) is 12.0. The summed E-state index contributed by atoms with van der Waals surface area (Å²) in [7, 11) is -3.55. The first-order chi connectivity index (χ1) is 13.7. The molecular formula is C19H36N4O5S. The molecule has 10 heteroatoms. The van der Waals surface area contributed by atoms with Gasteiger partial charge in [0.05, 0.1) is 12.2 Å². The molecule has 0 aromatic rings. The van der Waals surface area contributed by atoms with Crippen molar-refractivity contribution in [2.75, 3.05) is 52.4 Å². The summed E-state index contributed by atoms with van der Waals surface area (Å²) < 4.78 is 34.4. The molecule has 2 rings (SSSR count). The summed E-state index contributed by atoms with van der Waals surface area (Å²) >= 11 is 0. The molecule has 29 heavy (non-hydrogen) atoms. The minimum atomic E-state index is -3.55. The van der Waals surface area contributed by atoms with Crippen molar-refractivity contribution >= 4 is 22.0 Å². The summed E-state index contributed by atoms with van der Waals surface area (Å²) in [6.45, 7) is 11.1. The zero-order valence-corrected chi connectivity index (χ0v) is 19.0. The molecule has 2 amide bonds. The van der Waals surface area contributed by atoms with Crippen LogP contribution in [0.15, 0.2) is 0 Å². The normalized spacial score (nSPS) is 24.5. The Morgan fingerprint density at radius 2 is 1.48 bits per heavy atom. The van der Waals surface area contributed by atoms with E-state index in [-0.39, 0.29) is 24.0 Å². The number of rotatable bonds is 8. The maximum absolute atomic E-state index is 12.9. The molecular weight excluding hydrogens is 396 g/mol. The molecule has 0 saturated carbocycles. The van der Waals surface area contributed by atoms with E-state index in [0.717, 1.165) is 0 Å². The Balaban J connectivity index is 1.79. The van der Waals surface area contributed by atoms with Gasteiger partial charge in [-0.05, 0) is 34.1 Å². The second-order valence-electron chi connectivity index (χ2n) is 7.78. The van der Waals surface area contributed by atoms with Gasteiger partial charge >= 0.3 is 0 Å². The fourth-order valence-electron chi connectivity index (χ4n) is 3.93. The zero-order valence-electron chi connectivity index (χ0n) is 18.2. The Labute approximate surface area is 175 Å². The molecule has 2 fully saturated rings. The minimum Gasteiger partial charge on any atom is -0.373 e. The van der Waals surface area contributed by atoms with E-state index in [1.807, 2.05) is 27.7 Å². The summed E-state index contributed by atoms with van der Waals surface area (Å²) in [5.74, 6) is 0.0655. The van der Waals surface area contributed by atoms with Crippen LogP contribution in [-0.2, 0) is 24.5 Å². The van der Waals surface area contributed by atoms with Crippen molar-refractivity contribution in [1.29, 1.82) is 0 Å². The number of piperazine rings is 1. The van der Waals surface area contributed by atoms with E-state index in [1.54, 1.807) is 9.80 Å². The van der Waals surface area contributed by atoms with Crippen molar-refractivity contribution < 1.29 is 22.7 Å². The molecule has 0 N–H and O–H groups in total. The summed E-state index contributed by atoms with van der Waals surface area (Å²) in [4.78, 5) is 27.9. The number of carbonyl (C=O) groups is 2. The third-order valence-electron chi connectivity index (χ3n) is 5.53. The van der Waals surface area contributed by atoms with Crippen molar-refractivity contribution in [2.24, 2.45) is 0 Å². The maximum atomic E-state index is 12.9. The van der Waals surface area contributed by atoms with Crippen molar-refractivity contribution in [3.05, 3.63) is 0 Å². The first-order valence-electron chi connectivity index (χ1n) is 10.6. The van der Waals surface area contributed by atoms with Crippen LogP contribution in [0.2, 0.25) is 0 Å². The topological polar surface area (TPSA) is 90.5 Å². The maximum Gasteiger partial charge on any atom is 0.282 e. The second kappa shape index (κ2) is 10.7.